The molecule has 5 rings (SSSR count). The Morgan fingerprint density at radius 1 is 0.889 bits per heavy atom. The molecule has 36 heavy (non-hydrogen) atoms. The van der Waals surface area contributed by atoms with Gasteiger partial charge in [-0.2, -0.15) is 0 Å². The smallest absolute Gasteiger partial charge is 0.257 e. The van der Waals surface area contributed by atoms with Crippen LogP contribution in [0.25, 0.3) is 0 Å². The summed E-state index contributed by atoms with van der Waals surface area (Å²) in [4.78, 5) is 49.1. The van der Waals surface area contributed by atoms with Gasteiger partial charge in [0, 0.05) is 76.2 Å². The predicted octanol–water partition coefficient (Wildman–Crippen LogP) is 2.22. The fourth-order valence-electron chi connectivity index (χ4n) is 5.08. The van der Waals surface area contributed by atoms with E-state index in [1.807, 2.05) is 21.9 Å². The molecule has 1 saturated carbocycles. The Labute approximate surface area is 211 Å². The van der Waals surface area contributed by atoms with E-state index in [9.17, 15) is 14.4 Å². The normalized spacial score (nSPS) is 18.8. The second-order valence-electron chi connectivity index (χ2n) is 9.76. The van der Waals surface area contributed by atoms with Gasteiger partial charge >= 0.3 is 0 Å². The summed E-state index contributed by atoms with van der Waals surface area (Å²) in [6, 6.07) is 9.01. The van der Waals surface area contributed by atoms with Crippen molar-refractivity contribution in [3.05, 3.63) is 53.9 Å². The second-order valence-corrected chi connectivity index (χ2v) is 9.76. The third-order valence-corrected chi connectivity index (χ3v) is 7.42. The molecule has 3 amide bonds. The van der Waals surface area contributed by atoms with Gasteiger partial charge in [-0.15, -0.1) is 0 Å². The molecule has 1 aromatic carbocycles. The van der Waals surface area contributed by atoms with E-state index in [4.69, 9.17) is 0 Å². The van der Waals surface area contributed by atoms with E-state index >= 15 is 0 Å². The van der Waals surface area contributed by atoms with Crippen LogP contribution < -0.4 is 15.5 Å². The van der Waals surface area contributed by atoms with E-state index in [1.165, 1.54) is 6.20 Å². The van der Waals surface area contributed by atoms with Crippen molar-refractivity contribution in [1.29, 1.82) is 0 Å². The highest BCUT2D eigenvalue weighted by molar-refractivity contribution is 6.07. The van der Waals surface area contributed by atoms with Crippen LogP contribution in [0.4, 0.5) is 11.4 Å². The van der Waals surface area contributed by atoms with E-state index in [1.54, 1.807) is 24.4 Å². The zero-order chi connectivity index (χ0) is 24.9. The van der Waals surface area contributed by atoms with Gasteiger partial charge in [0.2, 0.25) is 5.91 Å². The van der Waals surface area contributed by atoms with Crippen molar-refractivity contribution in [1.82, 2.24) is 20.1 Å². The maximum atomic E-state index is 13.2. The molecule has 2 aliphatic heterocycles. The predicted molar refractivity (Wildman–Crippen MR) is 138 cm³/mol. The molecule has 3 heterocycles. The van der Waals surface area contributed by atoms with Crippen molar-refractivity contribution >= 4 is 29.1 Å². The Kier molecular flexibility index (Phi) is 7.46. The number of hydrogen-bond donors (Lipinski definition) is 2. The van der Waals surface area contributed by atoms with Gasteiger partial charge in [-0.1, -0.05) is 6.42 Å². The van der Waals surface area contributed by atoms with Gasteiger partial charge in [-0.3, -0.25) is 19.4 Å². The number of aromatic nitrogens is 1. The van der Waals surface area contributed by atoms with Crippen LogP contribution in [-0.4, -0.2) is 84.9 Å². The molecule has 1 aromatic heterocycles. The average Bonchev–Trinajstić information content (AvgIpc) is 3.14. The van der Waals surface area contributed by atoms with E-state index < -0.39 is 0 Å². The quantitative estimate of drug-likeness (QED) is 0.667. The van der Waals surface area contributed by atoms with Gasteiger partial charge in [0.15, 0.2) is 0 Å². The standard InChI is InChI=1S/C27H34N6O3/c34-25(22-6-2-9-29-19-22)30-23-18-21(27(36)33-14-10-28-11-15-33)7-8-24(23)31-12-3-13-32(17-16-31)26(35)20-4-1-5-20/h2,6-9,18-20,28H,1,3-5,10-17H2,(H,30,34). The van der Waals surface area contributed by atoms with Crippen molar-refractivity contribution in [2.75, 3.05) is 62.6 Å². The highest BCUT2D eigenvalue weighted by Gasteiger charge is 2.31. The number of carbonyl (C=O) groups is 3. The van der Waals surface area contributed by atoms with Crippen molar-refractivity contribution in [2.45, 2.75) is 25.7 Å². The van der Waals surface area contributed by atoms with Crippen LogP contribution in [0.1, 0.15) is 46.4 Å². The molecule has 0 bridgehead atoms. The number of rotatable bonds is 5. The Hall–Kier alpha value is -3.46. The minimum atomic E-state index is -0.271. The summed E-state index contributed by atoms with van der Waals surface area (Å²) in [5, 5.41) is 6.30. The molecule has 0 radical (unpaired) electrons. The molecule has 1 aliphatic carbocycles. The summed E-state index contributed by atoms with van der Waals surface area (Å²) in [5.74, 6) is 0.173. The first-order valence-corrected chi connectivity index (χ1v) is 13.0. The Balaban J connectivity index is 1.38. The molecular weight excluding hydrogens is 456 g/mol. The summed E-state index contributed by atoms with van der Waals surface area (Å²) in [6.07, 6.45) is 7.17. The van der Waals surface area contributed by atoms with Crippen LogP contribution in [0.3, 0.4) is 0 Å². The molecule has 0 spiro atoms. The maximum Gasteiger partial charge on any atom is 0.257 e. The lowest BCUT2D eigenvalue weighted by molar-refractivity contribution is -0.137. The zero-order valence-electron chi connectivity index (χ0n) is 20.6. The molecule has 9 nitrogen and oxygen atoms in total. The van der Waals surface area contributed by atoms with Gasteiger partial charge in [0.1, 0.15) is 0 Å². The van der Waals surface area contributed by atoms with E-state index in [0.29, 0.717) is 43.0 Å². The number of nitrogens with zero attached hydrogens (tertiary/aromatic N) is 4. The Morgan fingerprint density at radius 3 is 2.44 bits per heavy atom. The van der Waals surface area contributed by atoms with Crippen molar-refractivity contribution < 1.29 is 14.4 Å². The van der Waals surface area contributed by atoms with E-state index in [-0.39, 0.29) is 23.6 Å². The first-order chi connectivity index (χ1) is 17.6. The zero-order valence-corrected chi connectivity index (χ0v) is 20.6. The lowest BCUT2D eigenvalue weighted by Gasteiger charge is -2.31. The number of amides is 3. The van der Waals surface area contributed by atoms with Gasteiger partial charge < -0.3 is 25.3 Å². The lowest BCUT2D eigenvalue weighted by Crippen LogP contribution is -2.46. The molecule has 2 N–H and O–H groups in total. The number of anilines is 2. The molecule has 3 aliphatic rings. The van der Waals surface area contributed by atoms with Crippen LogP contribution in [0.5, 0.6) is 0 Å². The number of hydrogen-bond acceptors (Lipinski definition) is 6. The molecule has 2 saturated heterocycles. The molecule has 190 valence electrons. The monoisotopic (exact) mass is 490 g/mol. The topological polar surface area (TPSA) is 97.9 Å². The van der Waals surface area contributed by atoms with Crippen LogP contribution >= 0.6 is 0 Å². The molecule has 2 aromatic rings. The van der Waals surface area contributed by atoms with Gasteiger partial charge in [0.05, 0.1) is 16.9 Å². The van der Waals surface area contributed by atoms with Crippen LogP contribution in [-0.2, 0) is 4.79 Å². The number of piperazine rings is 1. The van der Waals surface area contributed by atoms with Crippen molar-refractivity contribution in [2.24, 2.45) is 5.92 Å². The highest BCUT2D eigenvalue weighted by atomic mass is 16.2. The first kappa shape index (κ1) is 24.2. The first-order valence-electron chi connectivity index (χ1n) is 13.0. The van der Waals surface area contributed by atoms with E-state index in [0.717, 1.165) is 57.5 Å². The molecular formula is C27H34N6O3. The summed E-state index contributed by atoms with van der Waals surface area (Å²) in [7, 11) is 0. The molecule has 3 fully saturated rings. The fourth-order valence-corrected chi connectivity index (χ4v) is 5.08. The van der Waals surface area contributed by atoms with Crippen LogP contribution in [0, 0.1) is 5.92 Å². The van der Waals surface area contributed by atoms with Gasteiger partial charge in [-0.25, -0.2) is 0 Å². The highest BCUT2D eigenvalue weighted by Crippen LogP contribution is 2.31. The summed E-state index contributed by atoms with van der Waals surface area (Å²) in [5.41, 5.74) is 2.47. The minimum Gasteiger partial charge on any atom is -0.368 e. The summed E-state index contributed by atoms with van der Waals surface area (Å²) >= 11 is 0. The fraction of sp³-hybridized carbons (Fsp3) is 0.481. The van der Waals surface area contributed by atoms with Gasteiger partial charge in [-0.05, 0) is 49.6 Å². The lowest BCUT2D eigenvalue weighted by atomic mass is 9.84. The van der Waals surface area contributed by atoms with Crippen LogP contribution in [0.2, 0.25) is 0 Å². The minimum absolute atomic E-state index is 0.0342. The Bertz CT molecular complexity index is 1100. The average molecular weight is 491 g/mol. The molecule has 0 unspecified atom stereocenters. The third kappa shape index (κ3) is 5.36. The number of benzene rings is 1. The molecule has 9 heteroatoms. The summed E-state index contributed by atoms with van der Waals surface area (Å²) in [6.45, 7) is 5.74. The number of carbonyl (C=O) groups excluding carboxylic acids is 3. The molecule has 0 atom stereocenters. The van der Waals surface area contributed by atoms with E-state index in [2.05, 4.69) is 20.5 Å². The second kappa shape index (κ2) is 11.1. The van der Waals surface area contributed by atoms with Crippen molar-refractivity contribution in [3.8, 4) is 0 Å². The van der Waals surface area contributed by atoms with Crippen LogP contribution in [0.15, 0.2) is 42.7 Å². The largest absolute Gasteiger partial charge is 0.368 e. The Morgan fingerprint density at radius 2 is 1.72 bits per heavy atom. The van der Waals surface area contributed by atoms with Gasteiger partial charge in [0.25, 0.3) is 11.8 Å². The summed E-state index contributed by atoms with van der Waals surface area (Å²) < 4.78 is 0. The number of pyridine rings is 1. The van der Waals surface area contributed by atoms with Crippen molar-refractivity contribution in [3.63, 3.8) is 0 Å². The maximum absolute atomic E-state index is 13.2. The third-order valence-electron chi connectivity index (χ3n) is 7.42. The SMILES string of the molecule is O=C(Nc1cc(C(=O)N2CCNCC2)ccc1N1CCCN(C(=O)C2CCC2)CC1)c1cccnc1. The number of nitrogens with one attached hydrogen (secondary N) is 2.